The minimum absolute atomic E-state index is 0.0615. The van der Waals surface area contributed by atoms with E-state index in [0.717, 1.165) is 0 Å². The molecule has 94 valence electrons. The van der Waals surface area contributed by atoms with Crippen LogP contribution in [-0.2, 0) is 6.42 Å². The first-order valence-electron chi connectivity index (χ1n) is 5.29. The quantitative estimate of drug-likeness (QED) is 0.811. The number of nitrogens with one attached hydrogen (secondary N) is 2. The summed E-state index contributed by atoms with van der Waals surface area (Å²) in [6, 6.07) is 0. The molecule has 0 unspecified atom stereocenters. The van der Waals surface area contributed by atoms with E-state index >= 15 is 0 Å². The van der Waals surface area contributed by atoms with Crippen LogP contribution < -0.4 is 5.32 Å². The van der Waals surface area contributed by atoms with Gasteiger partial charge in [0.05, 0.1) is 0 Å². The second-order valence-electron chi connectivity index (χ2n) is 3.51. The maximum absolute atomic E-state index is 11.7. The molecule has 2 aromatic rings. The molecule has 0 radical (unpaired) electrons. The van der Waals surface area contributed by atoms with Gasteiger partial charge < -0.3 is 0 Å². The fourth-order valence-corrected chi connectivity index (χ4v) is 1.95. The molecular formula is C10H11N5O2S. The molecule has 0 aromatic carbocycles. The van der Waals surface area contributed by atoms with E-state index in [1.807, 2.05) is 6.92 Å². The standard InChI is InChI=1S/C10H11N5O2S/c1-3-7-12-8(15-14-7)9(17)13-10-11-6(4-18-10)5(2)16/h4H,3H2,1-2H3,(H,11,13,17)(H,12,14,15). The molecule has 0 atom stereocenters. The summed E-state index contributed by atoms with van der Waals surface area (Å²) in [5.41, 5.74) is 0.333. The predicted molar refractivity (Wildman–Crippen MR) is 65.8 cm³/mol. The summed E-state index contributed by atoms with van der Waals surface area (Å²) in [5.74, 6) is 0.114. The van der Waals surface area contributed by atoms with Gasteiger partial charge in [-0.1, -0.05) is 6.92 Å². The second kappa shape index (κ2) is 5.05. The summed E-state index contributed by atoms with van der Waals surface area (Å²) < 4.78 is 0. The average Bonchev–Trinajstić information content (AvgIpc) is 2.96. The van der Waals surface area contributed by atoms with Crippen molar-refractivity contribution in [1.29, 1.82) is 0 Å². The van der Waals surface area contributed by atoms with Crippen LogP contribution >= 0.6 is 11.3 Å². The van der Waals surface area contributed by atoms with Gasteiger partial charge in [-0.15, -0.1) is 16.4 Å². The number of aryl methyl sites for hydroxylation is 1. The fraction of sp³-hybridized carbons (Fsp3) is 0.300. The maximum atomic E-state index is 11.7. The Hall–Kier alpha value is -2.09. The minimum Gasteiger partial charge on any atom is -0.295 e. The normalized spacial score (nSPS) is 10.3. The van der Waals surface area contributed by atoms with E-state index in [1.165, 1.54) is 18.3 Å². The number of carbonyl (C=O) groups excluding carboxylic acids is 2. The van der Waals surface area contributed by atoms with Gasteiger partial charge in [-0.25, -0.2) is 9.97 Å². The van der Waals surface area contributed by atoms with Crippen molar-refractivity contribution in [1.82, 2.24) is 20.2 Å². The summed E-state index contributed by atoms with van der Waals surface area (Å²) in [4.78, 5) is 30.8. The summed E-state index contributed by atoms with van der Waals surface area (Å²) in [6.45, 7) is 3.33. The molecule has 1 amide bonds. The number of amides is 1. The van der Waals surface area contributed by atoms with E-state index < -0.39 is 5.91 Å². The third-order valence-corrected chi connectivity index (χ3v) is 2.91. The van der Waals surface area contributed by atoms with Gasteiger partial charge in [-0.2, -0.15) is 0 Å². The number of anilines is 1. The Morgan fingerprint density at radius 1 is 1.44 bits per heavy atom. The van der Waals surface area contributed by atoms with Crippen molar-refractivity contribution in [3.63, 3.8) is 0 Å². The van der Waals surface area contributed by atoms with Gasteiger partial charge in [0, 0.05) is 18.7 Å². The Morgan fingerprint density at radius 2 is 2.22 bits per heavy atom. The topological polar surface area (TPSA) is 101 Å². The van der Waals surface area contributed by atoms with E-state index in [2.05, 4.69) is 25.5 Å². The molecule has 0 aliphatic rings. The smallest absolute Gasteiger partial charge is 0.295 e. The van der Waals surface area contributed by atoms with Crippen LogP contribution in [0.3, 0.4) is 0 Å². The molecular weight excluding hydrogens is 254 g/mol. The van der Waals surface area contributed by atoms with Gasteiger partial charge in [0.1, 0.15) is 11.5 Å². The van der Waals surface area contributed by atoms with Crippen LogP contribution in [0, 0.1) is 0 Å². The van der Waals surface area contributed by atoms with Crippen molar-refractivity contribution in [3.05, 3.63) is 22.7 Å². The van der Waals surface area contributed by atoms with Gasteiger partial charge in [0.2, 0.25) is 5.82 Å². The van der Waals surface area contributed by atoms with E-state index in [4.69, 9.17) is 0 Å². The summed E-state index contributed by atoms with van der Waals surface area (Å²) in [5, 5.41) is 10.9. The highest BCUT2D eigenvalue weighted by molar-refractivity contribution is 7.14. The Balaban J connectivity index is 2.08. The number of aromatic nitrogens is 4. The maximum Gasteiger partial charge on any atom is 0.297 e. The first-order valence-corrected chi connectivity index (χ1v) is 6.17. The molecule has 2 heterocycles. The van der Waals surface area contributed by atoms with Crippen LogP contribution in [-0.4, -0.2) is 31.9 Å². The number of Topliss-reactive ketones (excluding diaryl/α,β-unsaturated/α-hetero) is 1. The molecule has 0 spiro atoms. The molecule has 2 rings (SSSR count). The highest BCUT2D eigenvalue weighted by Gasteiger charge is 2.14. The summed E-state index contributed by atoms with van der Waals surface area (Å²) >= 11 is 1.18. The number of thiazole rings is 1. The van der Waals surface area contributed by atoms with Crippen molar-refractivity contribution in [2.75, 3.05) is 5.32 Å². The third-order valence-electron chi connectivity index (χ3n) is 2.16. The Kier molecular flexibility index (Phi) is 3.47. The molecule has 7 nitrogen and oxygen atoms in total. The van der Waals surface area contributed by atoms with Crippen LogP contribution in [0.5, 0.6) is 0 Å². The van der Waals surface area contributed by atoms with Crippen LogP contribution in [0.2, 0.25) is 0 Å². The number of carbonyl (C=O) groups is 2. The van der Waals surface area contributed by atoms with Crippen molar-refractivity contribution >= 4 is 28.2 Å². The number of aromatic amines is 1. The van der Waals surface area contributed by atoms with Crippen molar-refractivity contribution in [2.24, 2.45) is 0 Å². The SMILES string of the molecule is CCc1nc(C(=O)Nc2nc(C(C)=O)cs2)n[nH]1. The van der Waals surface area contributed by atoms with Gasteiger partial charge in [-0.05, 0) is 0 Å². The monoisotopic (exact) mass is 265 g/mol. The second-order valence-corrected chi connectivity index (χ2v) is 4.37. The van der Waals surface area contributed by atoms with Gasteiger partial charge >= 0.3 is 0 Å². The lowest BCUT2D eigenvalue weighted by Crippen LogP contribution is -2.13. The molecule has 0 saturated heterocycles. The number of nitrogens with zero attached hydrogens (tertiary/aromatic N) is 3. The molecule has 0 saturated carbocycles. The minimum atomic E-state index is -0.449. The Bertz CT molecular complexity index is 589. The van der Waals surface area contributed by atoms with E-state index in [0.29, 0.717) is 23.1 Å². The zero-order valence-electron chi connectivity index (χ0n) is 9.85. The van der Waals surface area contributed by atoms with Crippen LogP contribution in [0.15, 0.2) is 5.38 Å². The highest BCUT2D eigenvalue weighted by atomic mass is 32.1. The number of H-pyrrole nitrogens is 1. The first kappa shape index (κ1) is 12.4. The predicted octanol–water partition coefficient (Wildman–Crippen LogP) is 1.28. The lowest BCUT2D eigenvalue weighted by molar-refractivity contribution is 0.1000. The molecule has 18 heavy (non-hydrogen) atoms. The molecule has 2 N–H and O–H groups in total. The Labute approximate surface area is 107 Å². The average molecular weight is 265 g/mol. The third kappa shape index (κ3) is 2.59. The molecule has 0 aliphatic carbocycles. The number of rotatable bonds is 4. The molecule has 0 aliphatic heterocycles. The van der Waals surface area contributed by atoms with Gasteiger partial charge in [0.25, 0.3) is 5.91 Å². The van der Waals surface area contributed by atoms with Crippen LogP contribution in [0.4, 0.5) is 5.13 Å². The lowest BCUT2D eigenvalue weighted by Gasteiger charge is -1.95. The summed E-state index contributed by atoms with van der Waals surface area (Å²) in [6.07, 6.45) is 0.673. The van der Waals surface area contributed by atoms with E-state index in [9.17, 15) is 9.59 Å². The number of ketones is 1. The van der Waals surface area contributed by atoms with Crippen molar-refractivity contribution < 1.29 is 9.59 Å². The fourth-order valence-electron chi connectivity index (χ4n) is 1.20. The zero-order valence-corrected chi connectivity index (χ0v) is 10.7. The van der Waals surface area contributed by atoms with Gasteiger partial charge in [0.15, 0.2) is 10.9 Å². The largest absolute Gasteiger partial charge is 0.297 e. The molecule has 0 fully saturated rings. The first-order chi connectivity index (χ1) is 8.60. The van der Waals surface area contributed by atoms with Gasteiger partial charge in [-0.3, -0.25) is 20.0 Å². The molecule has 0 bridgehead atoms. The zero-order chi connectivity index (χ0) is 13.1. The van der Waals surface area contributed by atoms with E-state index in [-0.39, 0.29) is 11.6 Å². The number of hydrogen-bond acceptors (Lipinski definition) is 6. The number of hydrogen-bond donors (Lipinski definition) is 2. The highest BCUT2D eigenvalue weighted by Crippen LogP contribution is 2.16. The molecule has 8 heteroatoms. The summed E-state index contributed by atoms with van der Waals surface area (Å²) in [7, 11) is 0. The van der Waals surface area contributed by atoms with Crippen molar-refractivity contribution in [3.8, 4) is 0 Å². The Morgan fingerprint density at radius 3 is 2.78 bits per heavy atom. The van der Waals surface area contributed by atoms with E-state index in [1.54, 1.807) is 5.38 Å². The van der Waals surface area contributed by atoms with Crippen LogP contribution in [0.25, 0.3) is 0 Å². The molecule has 2 aromatic heterocycles. The lowest BCUT2D eigenvalue weighted by atomic mass is 10.4. The van der Waals surface area contributed by atoms with Crippen LogP contribution in [0.1, 0.15) is 40.8 Å². The van der Waals surface area contributed by atoms with Crippen molar-refractivity contribution in [2.45, 2.75) is 20.3 Å².